The molecule has 0 aliphatic heterocycles. The van der Waals surface area contributed by atoms with Crippen molar-refractivity contribution in [3.05, 3.63) is 39.8 Å². The van der Waals surface area contributed by atoms with Crippen LogP contribution in [0.25, 0.3) is 0 Å². The van der Waals surface area contributed by atoms with Gasteiger partial charge in [-0.15, -0.1) is 11.3 Å². The van der Waals surface area contributed by atoms with E-state index < -0.39 is 84.0 Å². The molecule has 1 aromatic heterocycles. The molecule has 2 aromatic rings. The summed E-state index contributed by atoms with van der Waals surface area (Å²) in [5, 5.41) is 35.1. The predicted octanol–water partition coefficient (Wildman–Crippen LogP) is 2.95. The summed E-state index contributed by atoms with van der Waals surface area (Å²) in [6, 6.07) is 0.405. The minimum absolute atomic E-state index is 0.000699. The summed E-state index contributed by atoms with van der Waals surface area (Å²) in [5.41, 5.74) is 5.42. The van der Waals surface area contributed by atoms with E-state index in [-0.39, 0.29) is 77.4 Å². The van der Waals surface area contributed by atoms with Gasteiger partial charge in [-0.25, -0.2) is 4.98 Å². The summed E-state index contributed by atoms with van der Waals surface area (Å²) in [7, 11) is 5.22. The number of anilines is 1. The number of hydrogen-bond acceptors (Lipinski definition) is 14. The average Bonchev–Trinajstić information content (AvgIpc) is 3.75. The fraction of sp³-hybridized carbons (Fsp3) is 0.630. The Morgan fingerprint density at radius 3 is 2.12 bits per heavy atom. The number of aromatic nitrogens is 1. The fourth-order valence-corrected chi connectivity index (χ4v) is 7.53. The molecule has 0 aliphatic carbocycles. The third-order valence-corrected chi connectivity index (χ3v) is 12.8. The van der Waals surface area contributed by atoms with Crippen LogP contribution in [0.5, 0.6) is 5.75 Å². The molecule has 67 heavy (non-hydrogen) atoms. The van der Waals surface area contributed by atoms with Crippen LogP contribution >= 0.6 is 11.3 Å². The number of aliphatic carboxylic acids is 1. The van der Waals surface area contributed by atoms with Gasteiger partial charge in [-0.3, -0.25) is 43.3 Å². The van der Waals surface area contributed by atoms with Gasteiger partial charge in [0, 0.05) is 44.3 Å². The maximum atomic E-state index is 14.2. The van der Waals surface area contributed by atoms with Gasteiger partial charge in [-0.1, -0.05) is 54.0 Å². The van der Waals surface area contributed by atoms with Crippen molar-refractivity contribution < 1.29 is 53.3 Å². The van der Waals surface area contributed by atoms with Gasteiger partial charge in [-0.05, 0) is 83.2 Å². The lowest BCUT2D eigenvalue weighted by atomic mass is 9.92. The van der Waals surface area contributed by atoms with Crippen molar-refractivity contribution in [3.8, 4) is 5.75 Å². The first-order valence-corrected chi connectivity index (χ1v) is 23.3. The monoisotopic (exact) mass is 960 g/mol. The van der Waals surface area contributed by atoms with E-state index in [0.717, 1.165) is 11.3 Å². The number of phenols is 1. The number of nitrogens with one attached hydrogen (secondary N) is 5. The number of carbonyl (C=O) groups excluding carboxylic acids is 7. The normalized spacial score (nSPS) is 14.8. The second-order valence-electron chi connectivity index (χ2n) is 18.4. The summed E-state index contributed by atoms with van der Waals surface area (Å²) >= 11 is 1.07. The molecule has 0 aliphatic rings. The molecule has 7 atom stereocenters. The number of amides is 6. The van der Waals surface area contributed by atoms with Crippen molar-refractivity contribution in [2.45, 2.75) is 143 Å². The van der Waals surface area contributed by atoms with E-state index in [1.807, 2.05) is 27.7 Å². The molecule has 0 saturated carbocycles. The number of nitrogens with two attached hydrogens (primary N) is 1. The van der Waals surface area contributed by atoms with Gasteiger partial charge in [0.15, 0.2) is 6.10 Å². The summed E-state index contributed by atoms with van der Waals surface area (Å²) in [5.74, 6) is -5.61. The largest absolute Gasteiger partial charge is 0.506 e. The molecule has 9 N–H and O–H groups in total. The molecule has 20 nitrogen and oxygen atoms in total. The number of hydrogen-bond donors (Lipinski definition) is 8. The Kier molecular flexibility index (Phi) is 22.3. The summed E-state index contributed by atoms with van der Waals surface area (Å²) in [6.45, 7) is 16.9. The van der Waals surface area contributed by atoms with Crippen LogP contribution in [0.1, 0.15) is 122 Å². The quantitative estimate of drug-likeness (QED) is 0.0497. The lowest BCUT2D eigenvalue weighted by Gasteiger charge is -2.38. The SMILES string of the molecule is CC[C@H](C)[C@H](NC(=O)C(C)(C)N(C)C)C(=O)N(C)[C@H](C[C@@H](OC(C)=O)c1nc(C(=O)N[C@H](CCC(=O)O)Cc2ccc(O)c(NC(=O)CNC(=O)[C@H](C)NC(=O)[C@@H](N)C(C)C)c2)cs1)C(C)C. The minimum Gasteiger partial charge on any atom is -0.506 e. The summed E-state index contributed by atoms with van der Waals surface area (Å²) in [4.78, 5) is 111. The lowest BCUT2D eigenvalue weighted by molar-refractivity contribution is -0.149. The number of benzene rings is 1. The zero-order valence-electron chi connectivity index (χ0n) is 41.1. The molecular formula is C46H73N9O11S. The summed E-state index contributed by atoms with van der Waals surface area (Å²) in [6.07, 6.45) is -0.452. The van der Waals surface area contributed by atoms with E-state index in [1.165, 1.54) is 31.4 Å². The molecule has 0 spiro atoms. The van der Waals surface area contributed by atoms with E-state index in [0.29, 0.717) is 12.0 Å². The number of nitrogens with zero attached hydrogens (tertiary/aromatic N) is 3. The molecule has 374 valence electrons. The number of ether oxygens (including phenoxy) is 1. The highest BCUT2D eigenvalue weighted by Gasteiger charge is 2.39. The number of aromatic hydroxyl groups is 1. The van der Waals surface area contributed by atoms with Crippen LogP contribution < -0.4 is 32.3 Å². The van der Waals surface area contributed by atoms with Crippen LogP contribution in [0.3, 0.4) is 0 Å². The van der Waals surface area contributed by atoms with Crippen LogP contribution in [0.15, 0.2) is 23.6 Å². The van der Waals surface area contributed by atoms with Crippen molar-refractivity contribution in [2.75, 3.05) is 33.0 Å². The number of thiazole rings is 1. The third kappa shape index (κ3) is 17.5. The first-order valence-electron chi connectivity index (χ1n) is 22.5. The van der Waals surface area contributed by atoms with E-state index in [2.05, 4.69) is 31.6 Å². The molecule has 1 heterocycles. The van der Waals surface area contributed by atoms with Crippen LogP contribution in [-0.2, 0) is 44.7 Å². The van der Waals surface area contributed by atoms with Gasteiger partial charge in [0.05, 0.1) is 23.8 Å². The molecule has 6 amide bonds. The number of carboxylic acids is 1. The fourth-order valence-electron chi connectivity index (χ4n) is 6.69. The number of carboxylic acid groups (broad SMARTS) is 1. The van der Waals surface area contributed by atoms with Gasteiger partial charge in [0.1, 0.15) is 28.5 Å². The van der Waals surface area contributed by atoms with E-state index in [4.69, 9.17) is 10.5 Å². The smallest absolute Gasteiger partial charge is 0.303 e. The van der Waals surface area contributed by atoms with Crippen molar-refractivity contribution >= 4 is 64.4 Å². The molecular weight excluding hydrogens is 887 g/mol. The van der Waals surface area contributed by atoms with Crippen molar-refractivity contribution in [1.29, 1.82) is 0 Å². The van der Waals surface area contributed by atoms with Gasteiger partial charge in [0.25, 0.3) is 5.91 Å². The van der Waals surface area contributed by atoms with Crippen LogP contribution in [0.4, 0.5) is 5.69 Å². The number of esters is 1. The van der Waals surface area contributed by atoms with Gasteiger partial charge >= 0.3 is 11.9 Å². The predicted molar refractivity (Wildman–Crippen MR) is 254 cm³/mol. The molecule has 0 radical (unpaired) electrons. The van der Waals surface area contributed by atoms with Crippen LogP contribution in [0, 0.1) is 17.8 Å². The molecule has 0 fully saturated rings. The Hall–Kier alpha value is -5.67. The molecule has 0 unspecified atom stereocenters. The standard InChI is InChI=1S/C46H73N9O11S/c1-14-26(6)39(53-45(65)46(9,10)54(11)12)44(64)55(13)33(24(2)3)21-35(66-28(8)56)43-52-32(23-67-43)41(62)50-30(16-18-37(59)60)19-29-15-17-34(57)31(20-29)51-36(58)22-48-40(61)27(7)49-42(63)38(47)25(4)5/h15,17,20,23-27,30,33,35,38-39,57H,14,16,18-19,21-22,47H2,1-13H3,(H,48,61)(H,49,63)(H,50,62)(H,51,58)(H,53,65)(H,59,60)/t26-,27-,30+,33+,35+,38-,39-/m0/s1. The van der Waals surface area contributed by atoms with Crippen LogP contribution in [0.2, 0.25) is 0 Å². The van der Waals surface area contributed by atoms with E-state index >= 15 is 0 Å². The minimum atomic E-state index is -1.10. The number of likely N-dealkylation sites (N-methyl/N-ethyl adjacent to an activating group) is 2. The Morgan fingerprint density at radius 1 is 0.925 bits per heavy atom. The lowest BCUT2D eigenvalue weighted by Crippen LogP contribution is -2.60. The van der Waals surface area contributed by atoms with Gasteiger partial charge in [-0.2, -0.15) is 0 Å². The molecule has 2 rings (SSSR count). The molecule has 0 bridgehead atoms. The zero-order chi connectivity index (χ0) is 51.1. The van der Waals surface area contributed by atoms with Crippen molar-refractivity contribution in [3.63, 3.8) is 0 Å². The highest BCUT2D eigenvalue weighted by atomic mass is 32.1. The van der Waals surface area contributed by atoms with Gasteiger partial charge < -0.3 is 52.2 Å². The van der Waals surface area contributed by atoms with E-state index in [1.54, 1.807) is 64.7 Å². The third-order valence-electron chi connectivity index (χ3n) is 11.9. The molecule has 21 heteroatoms. The first kappa shape index (κ1) is 57.5. The van der Waals surface area contributed by atoms with Crippen molar-refractivity contribution in [2.24, 2.45) is 23.5 Å². The second kappa shape index (κ2) is 26.0. The number of rotatable bonds is 26. The average molecular weight is 960 g/mol. The van der Waals surface area contributed by atoms with Crippen molar-refractivity contribution in [1.82, 2.24) is 36.1 Å². The number of carbonyl (C=O) groups is 8. The molecule has 1 aromatic carbocycles. The Morgan fingerprint density at radius 2 is 1.57 bits per heavy atom. The highest BCUT2D eigenvalue weighted by molar-refractivity contribution is 7.09. The summed E-state index contributed by atoms with van der Waals surface area (Å²) < 4.78 is 5.75. The highest BCUT2D eigenvalue weighted by Crippen LogP contribution is 2.31. The maximum absolute atomic E-state index is 14.2. The van der Waals surface area contributed by atoms with Crippen LogP contribution in [-0.4, -0.2) is 136 Å². The van der Waals surface area contributed by atoms with E-state index in [9.17, 15) is 48.6 Å². The Balaban J connectivity index is 2.28. The maximum Gasteiger partial charge on any atom is 0.303 e. The Bertz CT molecular complexity index is 2060. The first-order chi connectivity index (χ1) is 31.1. The second-order valence-corrected chi connectivity index (χ2v) is 19.3. The van der Waals surface area contributed by atoms with Gasteiger partial charge in [0.2, 0.25) is 29.5 Å². The Labute approximate surface area is 397 Å². The number of phenolic OH excluding ortho intramolecular Hbond substituents is 1. The molecule has 0 saturated heterocycles. The topological polar surface area (TPSA) is 292 Å². The zero-order valence-corrected chi connectivity index (χ0v) is 42.0.